The second-order valence-corrected chi connectivity index (χ2v) is 17.7. The van der Waals surface area contributed by atoms with Crippen LogP contribution >= 0.6 is 0 Å². The van der Waals surface area contributed by atoms with Crippen molar-refractivity contribution in [3.63, 3.8) is 0 Å². The molecular formula is C45H67N3O9. The van der Waals surface area contributed by atoms with Crippen LogP contribution in [0.25, 0.3) is 10.9 Å². The summed E-state index contributed by atoms with van der Waals surface area (Å²) in [5, 5.41) is 12.7. The minimum absolute atomic E-state index is 0.0202. The van der Waals surface area contributed by atoms with Crippen LogP contribution in [0, 0.1) is 29.6 Å². The van der Waals surface area contributed by atoms with Crippen molar-refractivity contribution < 1.29 is 43.2 Å². The Morgan fingerprint density at radius 2 is 1.72 bits per heavy atom. The van der Waals surface area contributed by atoms with E-state index in [2.05, 4.69) is 22.5 Å². The molecule has 3 fully saturated rings. The highest BCUT2D eigenvalue weighted by Gasteiger charge is 2.55. The summed E-state index contributed by atoms with van der Waals surface area (Å²) in [6.07, 6.45) is -1.08. The molecule has 0 aliphatic carbocycles. The molecule has 1 N–H and O–H groups in total. The Labute approximate surface area is 339 Å². The van der Waals surface area contributed by atoms with E-state index < -0.39 is 77.1 Å². The molecular weight excluding hydrogens is 727 g/mol. The predicted octanol–water partition coefficient (Wildman–Crippen LogP) is 5.62. The van der Waals surface area contributed by atoms with E-state index in [1.807, 2.05) is 98.0 Å². The molecule has 316 valence electrons. The van der Waals surface area contributed by atoms with Crippen molar-refractivity contribution in [1.82, 2.24) is 14.8 Å². The largest absolute Gasteiger partial charge is 0.459 e. The van der Waals surface area contributed by atoms with E-state index in [0.29, 0.717) is 25.9 Å². The van der Waals surface area contributed by atoms with Crippen LogP contribution in [-0.4, -0.2) is 126 Å². The number of nitrogens with zero attached hydrogens (tertiary/aromatic N) is 3. The summed E-state index contributed by atoms with van der Waals surface area (Å²) in [5.41, 5.74) is 0.473. The van der Waals surface area contributed by atoms with Gasteiger partial charge in [0.25, 0.3) is 0 Å². The number of Topliss-reactive ketones (excluding diaryl/α,β-unsaturated/α-hetero) is 2. The zero-order valence-electron chi connectivity index (χ0n) is 36.0. The molecule has 0 spiro atoms. The van der Waals surface area contributed by atoms with E-state index in [0.717, 1.165) is 22.0 Å². The summed E-state index contributed by atoms with van der Waals surface area (Å²) in [6, 6.07) is 9.86. The van der Waals surface area contributed by atoms with Crippen LogP contribution in [0.15, 0.2) is 48.7 Å². The van der Waals surface area contributed by atoms with Gasteiger partial charge in [0.15, 0.2) is 12.1 Å². The number of ketones is 2. The van der Waals surface area contributed by atoms with Crippen LogP contribution in [0.4, 0.5) is 0 Å². The summed E-state index contributed by atoms with van der Waals surface area (Å²) >= 11 is 0. The zero-order valence-corrected chi connectivity index (χ0v) is 36.0. The number of hydrogen-bond acceptors (Lipinski definition) is 12. The average molecular weight is 794 g/mol. The number of benzene rings is 1. The zero-order chi connectivity index (χ0) is 42.0. The normalized spacial score (nSPS) is 37.4. The third-order valence-electron chi connectivity index (χ3n) is 12.9. The molecule has 3 aliphatic heterocycles. The number of aliphatic hydroxyl groups is 1. The molecule has 12 heteroatoms. The van der Waals surface area contributed by atoms with Crippen LogP contribution in [0.3, 0.4) is 0 Å². The van der Waals surface area contributed by atoms with Gasteiger partial charge in [0.2, 0.25) is 0 Å². The second-order valence-electron chi connectivity index (χ2n) is 17.7. The fraction of sp³-hybridized carbons (Fsp3) is 0.689. The number of cyclic esters (lactones) is 1. The smallest absolute Gasteiger partial charge is 0.316 e. The number of para-hydroxylation sites is 1. The molecule has 3 unspecified atom stereocenters. The average Bonchev–Trinajstić information content (AvgIpc) is 3.48. The quantitative estimate of drug-likeness (QED) is 0.182. The number of rotatable bonds is 10. The molecule has 1 aromatic carbocycles. The molecule has 0 saturated carbocycles. The lowest BCUT2D eigenvalue weighted by Gasteiger charge is -2.47. The third-order valence-corrected chi connectivity index (χ3v) is 12.9. The van der Waals surface area contributed by atoms with Gasteiger partial charge in [-0.3, -0.25) is 24.3 Å². The molecule has 57 heavy (non-hydrogen) atoms. The molecule has 0 bridgehead atoms. The predicted molar refractivity (Wildman–Crippen MR) is 218 cm³/mol. The molecule has 3 aliphatic rings. The van der Waals surface area contributed by atoms with Gasteiger partial charge in [-0.05, 0) is 91.4 Å². The molecule has 3 saturated heterocycles. The molecule has 5 rings (SSSR count). The van der Waals surface area contributed by atoms with E-state index in [1.54, 1.807) is 13.8 Å². The number of carbonyl (C=O) groups excluding carboxylic acids is 3. The Morgan fingerprint density at radius 3 is 2.40 bits per heavy atom. The first-order chi connectivity index (χ1) is 26.8. The van der Waals surface area contributed by atoms with E-state index in [1.165, 1.54) is 0 Å². The first-order valence-electron chi connectivity index (χ1n) is 20.7. The van der Waals surface area contributed by atoms with E-state index in [4.69, 9.17) is 23.7 Å². The highest BCUT2D eigenvalue weighted by molar-refractivity contribution is 6.00. The maximum Gasteiger partial charge on any atom is 0.316 e. The van der Waals surface area contributed by atoms with Gasteiger partial charge >= 0.3 is 5.97 Å². The summed E-state index contributed by atoms with van der Waals surface area (Å²) in [5.74, 6) is -4.68. The third kappa shape index (κ3) is 9.69. The van der Waals surface area contributed by atoms with E-state index in [9.17, 15) is 19.5 Å². The Kier molecular flexibility index (Phi) is 14.6. The Hall–Kier alpha value is -3.10. The highest BCUT2D eigenvalue weighted by Crippen LogP contribution is 2.46. The van der Waals surface area contributed by atoms with Gasteiger partial charge in [-0.25, -0.2) is 0 Å². The van der Waals surface area contributed by atoms with Gasteiger partial charge < -0.3 is 33.7 Å². The molecule has 0 amide bonds. The maximum absolute atomic E-state index is 14.6. The van der Waals surface area contributed by atoms with Gasteiger partial charge in [-0.2, -0.15) is 0 Å². The van der Waals surface area contributed by atoms with Gasteiger partial charge in [0.05, 0.1) is 36.5 Å². The number of aromatic nitrogens is 1. The first kappa shape index (κ1) is 45.0. The molecule has 2 aromatic rings. The van der Waals surface area contributed by atoms with E-state index in [-0.39, 0.29) is 37.6 Å². The lowest BCUT2D eigenvalue weighted by atomic mass is 9.69. The van der Waals surface area contributed by atoms with Crippen LogP contribution in [0.1, 0.15) is 80.2 Å². The van der Waals surface area contributed by atoms with Gasteiger partial charge in [-0.15, -0.1) is 0 Å². The summed E-state index contributed by atoms with van der Waals surface area (Å²) in [4.78, 5) is 51.8. The van der Waals surface area contributed by atoms with Crippen LogP contribution in [0.2, 0.25) is 0 Å². The number of aliphatic hydroxyl groups excluding tert-OH is 1. The molecule has 13 atom stereocenters. The standard InChI is InChI=1S/C45H67N3O9/c1-13-36-45(9)37(27(3)25-54-45)29(5)38(49)26(2)22-44(8,53-19-18-48(12)24-32-21-33-16-14-15-17-34(33)46-23-32)41(30(6)39(50)31(7)42(52)56-36)57-43-40(51)35(47(10)11)20-28(4)55-43/h14-17,21,23,26,28-31,35-37,40-41,43,51H,3,13,18-20,22,24-25H2,1-2,4-12H3/t26?,28-,29?,30+,31?,35+,36-,37+,40-,41-,43+,44-,45-/m1/s1. The fourth-order valence-electron chi connectivity index (χ4n) is 9.68. The molecule has 4 heterocycles. The van der Waals surface area contributed by atoms with Crippen molar-refractivity contribution in [2.75, 3.05) is 40.9 Å². The minimum atomic E-state index is -1.27. The van der Waals surface area contributed by atoms with E-state index >= 15 is 0 Å². The molecule has 0 radical (unpaired) electrons. The summed E-state index contributed by atoms with van der Waals surface area (Å²) < 4.78 is 32.4. The lowest BCUT2D eigenvalue weighted by Crippen LogP contribution is -2.59. The Bertz CT molecular complexity index is 1750. The number of pyridine rings is 1. The van der Waals surface area contributed by atoms with Crippen molar-refractivity contribution >= 4 is 28.4 Å². The Morgan fingerprint density at radius 1 is 1.02 bits per heavy atom. The van der Waals surface area contributed by atoms with Crippen molar-refractivity contribution in [3.8, 4) is 0 Å². The Balaban J connectivity index is 1.51. The van der Waals surface area contributed by atoms with Crippen molar-refractivity contribution in [2.24, 2.45) is 29.6 Å². The topological polar surface area (TPSA) is 137 Å². The number of hydrogen-bond donors (Lipinski definition) is 1. The van der Waals surface area contributed by atoms with Gasteiger partial charge in [-0.1, -0.05) is 52.5 Å². The van der Waals surface area contributed by atoms with Crippen LogP contribution in [0.5, 0.6) is 0 Å². The second kappa shape index (κ2) is 18.4. The number of fused-ring (bicyclic) bond motifs is 2. The number of carbonyl (C=O) groups is 3. The molecule has 12 nitrogen and oxygen atoms in total. The summed E-state index contributed by atoms with van der Waals surface area (Å²) in [6.45, 7) is 20.5. The fourth-order valence-corrected chi connectivity index (χ4v) is 9.68. The summed E-state index contributed by atoms with van der Waals surface area (Å²) in [7, 11) is 5.80. The highest BCUT2D eigenvalue weighted by atomic mass is 16.7. The van der Waals surface area contributed by atoms with Crippen LogP contribution < -0.4 is 0 Å². The van der Waals surface area contributed by atoms with Crippen molar-refractivity contribution in [3.05, 3.63) is 54.2 Å². The van der Waals surface area contributed by atoms with Crippen molar-refractivity contribution in [1.29, 1.82) is 0 Å². The monoisotopic (exact) mass is 793 g/mol. The maximum atomic E-state index is 14.6. The lowest BCUT2D eigenvalue weighted by molar-refractivity contribution is -0.297. The number of likely N-dealkylation sites (N-methyl/N-ethyl adjacent to an activating group) is 2. The molecule has 1 aromatic heterocycles. The van der Waals surface area contributed by atoms with Crippen LogP contribution in [-0.2, 0) is 44.6 Å². The first-order valence-corrected chi connectivity index (χ1v) is 20.7. The minimum Gasteiger partial charge on any atom is -0.459 e. The van der Waals surface area contributed by atoms with Gasteiger partial charge in [0, 0.05) is 54.4 Å². The van der Waals surface area contributed by atoms with Gasteiger partial charge in [0.1, 0.15) is 29.5 Å². The number of esters is 1. The SMILES string of the molecule is C=C1CO[C@]2(C)[C@@H](CC)OC(=O)C(C)C(=O)[C@H](C)[C@@H](O[C@@H]3O[C@H](C)C[C@H](N(C)C)[C@H]3O)[C@](C)(OCCN(C)Cc3cnc4ccccc4c3)CC(C)C(=O)C(C)[C@H]12. The number of ether oxygens (including phenoxy) is 5. The van der Waals surface area contributed by atoms with Crippen molar-refractivity contribution in [2.45, 2.75) is 129 Å².